The minimum Gasteiger partial charge on any atom is -0.469 e. The first-order valence-corrected chi connectivity index (χ1v) is 7.31. The molecule has 1 fully saturated rings. The molecule has 2 N–H and O–H groups in total. The molecule has 1 aliphatic carbocycles. The van der Waals surface area contributed by atoms with Gasteiger partial charge in [0.05, 0.1) is 18.0 Å². The summed E-state index contributed by atoms with van der Waals surface area (Å²) < 4.78 is 5.52. The van der Waals surface area contributed by atoms with Crippen molar-refractivity contribution in [1.82, 2.24) is 15.3 Å². The van der Waals surface area contributed by atoms with E-state index >= 15 is 0 Å². The summed E-state index contributed by atoms with van der Waals surface area (Å²) in [5.41, 5.74) is 3.56. The lowest BCUT2D eigenvalue weighted by atomic mass is 10.00. The molecule has 4 nitrogen and oxygen atoms in total. The third-order valence-electron chi connectivity index (χ3n) is 4.29. The van der Waals surface area contributed by atoms with E-state index in [0.29, 0.717) is 6.04 Å². The van der Waals surface area contributed by atoms with Gasteiger partial charge in [0.1, 0.15) is 11.6 Å². The highest BCUT2D eigenvalue weighted by atomic mass is 16.3. The number of nitrogens with zero attached hydrogens (tertiary/aromatic N) is 1. The number of nitrogens with one attached hydrogen (secondary N) is 2. The molecule has 0 amide bonds. The van der Waals surface area contributed by atoms with Crippen molar-refractivity contribution < 1.29 is 4.42 Å². The maximum atomic E-state index is 5.52. The molecule has 0 saturated carbocycles. The fourth-order valence-electron chi connectivity index (χ4n) is 3.24. The van der Waals surface area contributed by atoms with Gasteiger partial charge in [-0.05, 0) is 31.9 Å². The summed E-state index contributed by atoms with van der Waals surface area (Å²) >= 11 is 0. The molecule has 100 valence electrons. The number of aryl methyl sites for hydroxylation is 2. The topological polar surface area (TPSA) is 53.9 Å². The van der Waals surface area contributed by atoms with Crippen LogP contribution >= 0.6 is 0 Å². The number of imidazole rings is 1. The van der Waals surface area contributed by atoms with E-state index in [0.717, 1.165) is 36.7 Å². The normalized spacial score (nSPS) is 22.6. The highest BCUT2D eigenvalue weighted by Crippen LogP contribution is 2.34. The van der Waals surface area contributed by atoms with Gasteiger partial charge in [-0.3, -0.25) is 0 Å². The standard InChI is InChI=1S/C15H19N3O/c1-2-4-12(16-8-3-1)15-17-11-5-6-13-10(7-9-19-13)14(11)18-15/h7,9,12,16H,1-6,8H2,(H,17,18). The Hall–Kier alpha value is -1.55. The van der Waals surface area contributed by atoms with Crippen LogP contribution in [-0.4, -0.2) is 16.5 Å². The molecule has 1 aliphatic heterocycles. The van der Waals surface area contributed by atoms with Gasteiger partial charge in [0.2, 0.25) is 0 Å². The van der Waals surface area contributed by atoms with Gasteiger partial charge in [-0.15, -0.1) is 0 Å². The Balaban J connectivity index is 1.69. The second-order valence-electron chi connectivity index (χ2n) is 5.56. The monoisotopic (exact) mass is 257 g/mol. The van der Waals surface area contributed by atoms with Crippen LogP contribution in [0, 0.1) is 0 Å². The minimum atomic E-state index is 0.392. The van der Waals surface area contributed by atoms with Gasteiger partial charge in [-0.2, -0.15) is 0 Å². The summed E-state index contributed by atoms with van der Waals surface area (Å²) in [6, 6.07) is 2.43. The van der Waals surface area contributed by atoms with Crippen molar-refractivity contribution in [1.29, 1.82) is 0 Å². The Morgan fingerprint density at radius 1 is 1.21 bits per heavy atom. The van der Waals surface area contributed by atoms with Crippen LogP contribution in [-0.2, 0) is 12.8 Å². The van der Waals surface area contributed by atoms with Crippen LogP contribution in [0.25, 0.3) is 11.3 Å². The van der Waals surface area contributed by atoms with Crippen LogP contribution in [0.5, 0.6) is 0 Å². The first-order valence-electron chi connectivity index (χ1n) is 7.31. The fraction of sp³-hybridized carbons (Fsp3) is 0.533. The Morgan fingerprint density at radius 3 is 3.21 bits per heavy atom. The first kappa shape index (κ1) is 11.3. The molecule has 1 saturated heterocycles. The molecule has 4 rings (SSSR count). The van der Waals surface area contributed by atoms with E-state index in [4.69, 9.17) is 9.40 Å². The van der Waals surface area contributed by atoms with Gasteiger partial charge in [-0.1, -0.05) is 12.8 Å². The SMILES string of the molecule is c1cc2c(o1)CCc1[nH]c(C3CCCCCN3)nc1-2. The number of fused-ring (bicyclic) bond motifs is 3. The smallest absolute Gasteiger partial charge is 0.124 e. The van der Waals surface area contributed by atoms with Gasteiger partial charge in [0.15, 0.2) is 0 Å². The molecule has 0 aromatic carbocycles. The third kappa shape index (κ3) is 1.91. The van der Waals surface area contributed by atoms with Crippen molar-refractivity contribution >= 4 is 0 Å². The first-order chi connectivity index (χ1) is 9.42. The second kappa shape index (κ2) is 4.53. The highest BCUT2D eigenvalue weighted by molar-refractivity contribution is 5.66. The van der Waals surface area contributed by atoms with Crippen LogP contribution in [0.15, 0.2) is 16.7 Å². The predicted molar refractivity (Wildman–Crippen MR) is 72.9 cm³/mol. The van der Waals surface area contributed by atoms with E-state index in [2.05, 4.69) is 10.3 Å². The Morgan fingerprint density at radius 2 is 2.21 bits per heavy atom. The Bertz CT molecular complexity index is 576. The van der Waals surface area contributed by atoms with Crippen molar-refractivity contribution in [2.75, 3.05) is 6.54 Å². The van der Waals surface area contributed by atoms with Crippen LogP contribution in [0.1, 0.15) is 49.0 Å². The number of H-pyrrole nitrogens is 1. The lowest BCUT2D eigenvalue weighted by Crippen LogP contribution is -2.21. The molecule has 0 spiro atoms. The molecule has 1 atom stereocenters. The van der Waals surface area contributed by atoms with E-state index < -0.39 is 0 Å². The molecule has 4 heteroatoms. The van der Waals surface area contributed by atoms with Gasteiger partial charge < -0.3 is 14.7 Å². The van der Waals surface area contributed by atoms with Gasteiger partial charge in [0, 0.05) is 17.7 Å². The van der Waals surface area contributed by atoms with Gasteiger partial charge >= 0.3 is 0 Å². The van der Waals surface area contributed by atoms with Crippen LogP contribution in [0.4, 0.5) is 0 Å². The fourth-order valence-corrected chi connectivity index (χ4v) is 3.24. The summed E-state index contributed by atoms with van der Waals surface area (Å²) in [6.07, 6.45) is 8.85. The van der Waals surface area contributed by atoms with Crippen LogP contribution in [0.2, 0.25) is 0 Å². The predicted octanol–water partition coefficient (Wildman–Crippen LogP) is 2.97. The van der Waals surface area contributed by atoms with E-state index in [1.54, 1.807) is 6.26 Å². The third-order valence-corrected chi connectivity index (χ3v) is 4.29. The molecule has 2 aromatic heterocycles. The van der Waals surface area contributed by atoms with E-state index in [1.807, 2.05) is 6.07 Å². The number of aromatic amines is 1. The van der Waals surface area contributed by atoms with Crippen molar-refractivity contribution in [3.05, 3.63) is 29.6 Å². The van der Waals surface area contributed by atoms with Crippen molar-refractivity contribution in [3.8, 4) is 11.3 Å². The maximum absolute atomic E-state index is 5.52. The number of furan rings is 1. The molecule has 19 heavy (non-hydrogen) atoms. The largest absolute Gasteiger partial charge is 0.469 e. The number of hydrogen-bond acceptors (Lipinski definition) is 3. The molecule has 2 aromatic rings. The summed E-state index contributed by atoms with van der Waals surface area (Å²) in [5, 5.41) is 3.61. The molecule has 0 bridgehead atoms. The molecular weight excluding hydrogens is 238 g/mol. The molecule has 3 heterocycles. The zero-order valence-corrected chi connectivity index (χ0v) is 11.0. The van der Waals surface area contributed by atoms with E-state index in [-0.39, 0.29) is 0 Å². The number of rotatable bonds is 1. The lowest BCUT2D eigenvalue weighted by molar-refractivity contribution is 0.504. The zero-order valence-electron chi connectivity index (χ0n) is 11.0. The van der Waals surface area contributed by atoms with Gasteiger partial charge in [-0.25, -0.2) is 4.98 Å². The summed E-state index contributed by atoms with van der Waals surface area (Å²) in [4.78, 5) is 8.40. The summed E-state index contributed by atoms with van der Waals surface area (Å²) in [5.74, 6) is 2.19. The molecule has 1 unspecified atom stereocenters. The van der Waals surface area contributed by atoms with Crippen LogP contribution in [0.3, 0.4) is 0 Å². The minimum absolute atomic E-state index is 0.392. The van der Waals surface area contributed by atoms with Crippen molar-refractivity contribution in [3.63, 3.8) is 0 Å². The van der Waals surface area contributed by atoms with E-state index in [9.17, 15) is 0 Å². The number of hydrogen-bond donors (Lipinski definition) is 2. The van der Waals surface area contributed by atoms with E-state index in [1.165, 1.54) is 36.9 Å². The quantitative estimate of drug-likeness (QED) is 0.825. The highest BCUT2D eigenvalue weighted by Gasteiger charge is 2.25. The Labute approximate surface area is 112 Å². The van der Waals surface area contributed by atoms with Crippen molar-refractivity contribution in [2.45, 2.75) is 44.6 Å². The van der Waals surface area contributed by atoms with Crippen LogP contribution < -0.4 is 5.32 Å². The summed E-state index contributed by atoms with van der Waals surface area (Å²) in [6.45, 7) is 1.10. The summed E-state index contributed by atoms with van der Waals surface area (Å²) in [7, 11) is 0. The Kier molecular flexibility index (Phi) is 2.69. The average molecular weight is 257 g/mol. The lowest BCUT2D eigenvalue weighted by Gasteiger charge is -2.12. The van der Waals surface area contributed by atoms with Crippen molar-refractivity contribution in [2.24, 2.45) is 0 Å². The zero-order chi connectivity index (χ0) is 12.7. The van der Waals surface area contributed by atoms with Gasteiger partial charge in [0.25, 0.3) is 0 Å². The molecule has 2 aliphatic rings. The molecular formula is C15H19N3O. The second-order valence-corrected chi connectivity index (χ2v) is 5.56. The maximum Gasteiger partial charge on any atom is 0.124 e. The average Bonchev–Trinajstić information content (AvgIpc) is 2.97. The number of aromatic nitrogens is 2. The molecule has 0 radical (unpaired) electrons.